The number of nitrogens with one attached hydrogen (secondary N) is 2. The van der Waals surface area contributed by atoms with Gasteiger partial charge in [-0.05, 0) is 43.2 Å². The van der Waals surface area contributed by atoms with E-state index in [2.05, 4.69) is 15.6 Å². The van der Waals surface area contributed by atoms with E-state index >= 15 is 0 Å². The van der Waals surface area contributed by atoms with Gasteiger partial charge in [-0.1, -0.05) is 17.7 Å². The first-order valence-corrected chi connectivity index (χ1v) is 8.63. The second kappa shape index (κ2) is 10.7. The first-order valence-electron chi connectivity index (χ1n) is 8.25. The smallest absolute Gasteiger partial charge is 0.191 e. The molecule has 0 saturated heterocycles. The zero-order chi connectivity index (χ0) is 17.9. The van der Waals surface area contributed by atoms with E-state index in [1.54, 1.807) is 18.4 Å². The van der Waals surface area contributed by atoms with Gasteiger partial charge in [0.1, 0.15) is 18.2 Å². The number of hydrogen-bond donors (Lipinski definition) is 2. The molecule has 1 aromatic heterocycles. The molecule has 0 spiro atoms. The van der Waals surface area contributed by atoms with E-state index in [9.17, 15) is 4.39 Å². The van der Waals surface area contributed by atoms with Gasteiger partial charge in [-0.15, -0.1) is 0 Å². The topological polar surface area (TPSA) is 58.8 Å². The average Bonchev–Trinajstić information content (AvgIpc) is 3.12. The molecule has 0 aliphatic heterocycles. The standard InChI is InChI=1S/C18H23ClFN3O2/c1-2-21-18(23-12-14-6-7-17(20)16(19)11-14)22-8-4-9-24-13-15-5-3-10-25-15/h3,5-7,10-11H,2,4,8-9,12-13H2,1H3,(H2,21,22,23). The summed E-state index contributed by atoms with van der Waals surface area (Å²) in [5, 5.41) is 6.52. The van der Waals surface area contributed by atoms with Gasteiger partial charge >= 0.3 is 0 Å². The number of rotatable bonds is 9. The van der Waals surface area contributed by atoms with Gasteiger partial charge in [-0.25, -0.2) is 9.38 Å². The van der Waals surface area contributed by atoms with Crippen LogP contribution in [-0.2, 0) is 17.9 Å². The van der Waals surface area contributed by atoms with Crippen molar-refractivity contribution in [3.63, 3.8) is 0 Å². The minimum atomic E-state index is -0.422. The quantitative estimate of drug-likeness (QED) is 0.403. The average molecular weight is 368 g/mol. The fraction of sp³-hybridized carbons (Fsp3) is 0.389. The highest BCUT2D eigenvalue weighted by molar-refractivity contribution is 6.30. The van der Waals surface area contributed by atoms with E-state index in [1.807, 2.05) is 19.1 Å². The molecule has 7 heteroatoms. The van der Waals surface area contributed by atoms with E-state index < -0.39 is 5.82 Å². The van der Waals surface area contributed by atoms with E-state index in [1.165, 1.54) is 6.07 Å². The summed E-state index contributed by atoms with van der Waals surface area (Å²) in [4.78, 5) is 4.47. The van der Waals surface area contributed by atoms with Gasteiger partial charge in [0.2, 0.25) is 0 Å². The van der Waals surface area contributed by atoms with Crippen LogP contribution in [0.25, 0.3) is 0 Å². The summed E-state index contributed by atoms with van der Waals surface area (Å²) >= 11 is 5.78. The molecule has 25 heavy (non-hydrogen) atoms. The zero-order valence-electron chi connectivity index (χ0n) is 14.2. The SMILES string of the molecule is CCNC(=NCc1ccc(F)c(Cl)c1)NCCCOCc1ccco1. The fourth-order valence-corrected chi connectivity index (χ4v) is 2.30. The Morgan fingerprint density at radius 3 is 2.92 bits per heavy atom. The molecule has 0 saturated carbocycles. The Morgan fingerprint density at radius 1 is 1.32 bits per heavy atom. The molecule has 2 rings (SSSR count). The number of guanidine groups is 1. The summed E-state index contributed by atoms with van der Waals surface area (Å²) in [6.45, 7) is 5.01. The number of ether oxygens (including phenoxy) is 1. The lowest BCUT2D eigenvalue weighted by molar-refractivity contribution is 0.105. The molecule has 0 atom stereocenters. The van der Waals surface area contributed by atoms with Crippen molar-refractivity contribution in [3.8, 4) is 0 Å². The highest BCUT2D eigenvalue weighted by Crippen LogP contribution is 2.16. The van der Waals surface area contributed by atoms with Crippen LogP contribution in [0.3, 0.4) is 0 Å². The number of furan rings is 1. The molecule has 5 nitrogen and oxygen atoms in total. The third kappa shape index (κ3) is 7.15. The third-order valence-electron chi connectivity index (χ3n) is 3.33. The van der Waals surface area contributed by atoms with Gasteiger partial charge in [0.25, 0.3) is 0 Å². The van der Waals surface area contributed by atoms with Crippen LogP contribution in [0.4, 0.5) is 4.39 Å². The molecule has 2 N–H and O–H groups in total. The molecule has 0 bridgehead atoms. The van der Waals surface area contributed by atoms with Gasteiger partial charge in [0, 0.05) is 19.7 Å². The van der Waals surface area contributed by atoms with Crippen LogP contribution in [0.2, 0.25) is 5.02 Å². The Balaban J connectivity index is 1.70. The van der Waals surface area contributed by atoms with Gasteiger partial charge in [-0.3, -0.25) is 0 Å². The molecule has 1 aromatic carbocycles. The number of halogens is 2. The van der Waals surface area contributed by atoms with Gasteiger partial charge in [0.15, 0.2) is 5.96 Å². The predicted molar refractivity (Wildman–Crippen MR) is 97.2 cm³/mol. The molecule has 0 aliphatic rings. The largest absolute Gasteiger partial charge is 0.467 e. The van der Waals surface area contributed by atoms with Crippen molar-refractivity contribution >= 4 is 17.6 Å². The summed E-state index contributed by atoms with van der Waals surface area (Å²) < 4.78 is 23.9. The molecular weight excluding hydrogens is 345 g/mol. The Morgan fingerprint density at radius 2 is 2.20 bits per heavy atom. The summed E-state index contributed by atoms with van der Waals surface area (Å²) in [6.07, 6.45) is 2.47. The maximum Gasteiger partial charge on any atom is 0.191 e. The Bertz CT molecular complexity index is 662. The normalized spacial score (nSPS) is 11.6. The highest BCUT2D eigenvalue weighted by Gasteiger charge is 2.02. The van der Waals surface area contributed by atoms with Crippen LogP contribution >= 0.6 is 11.6 Å². The lowest BCUT2D eigenvalue weighted by Crippen LogP contribution is -2.38. The van der Waals surface area contributed by atoms with Crippen LogP contribution < -0.4 is 10.6 Å². The van der Waals surface area contributed by atoms with E-state index in [-0.39, 0.29) is 5.02 Å². The van der Waals surface area contributed by atoms with Gasteiger partial charge in [-0.2, -0.15) is 0 Å². The first kappa shape index (κ1) is 19.3. The monoisotopic (exact) mass is 367 g/mol. The lowest BCUT2D eigenvalue weighted by Gasteiger charge is -2.11. The summed E-state index contributed by atoms with van der Waals surface area (Å²) in [7, 11) is 0. The summed E-state index contributed by atoms with van der Waals surface area (Å²) in [5.74, 6) is 1.10. The summed E-state index contributed by atoms with van der Waals surface area (Å²) in [5.41, 5.74) is 0.852. The maximum atomic E-state index is 13.2. The minimum absolute atomic E-state index is 0.111. The Kier molecular flexibility index (Phi) is 8.28. The number of benzene rings is 1. The molecule has 0 aliphatic carbocycles. The number of aliphatic imine (C=N–C) groups is 1. The number of nitrogens with zero attached hydrogens (tertiary/aromatic N) is 1. The van der Waals surface area contributed by atoms with Crippen LogP contribution in [0.5, 0.6) is 0 Å². The van der Waals surface area contributed by atoms with E-state index in [4.69, 9.17) is 20.8 Å². The van der Waals surface area contributed by atoms with Crippen molar-refractivity contribution < 1.29 is 13.5 Å². The Labute approximate surface area is 152 Å². The van der Waals surface area contributed by atoms with E-state index in [0.717, 1.165) is 30.8 Å². The molecule has 0 unspecified atom stereocenters. The van der Waals surface area contributed by atoms with Crippen molar-refractivity contribution in [2.45, 2.75) is 26.5 Å². The second-order valence-electron chi connectivity index (χ2n) is 5.36. The molecule has 0 radical (unpaired) electrons. The molecule has 0 fully saturated rings. The summed E-state index contributed by atoms with van der Waals surface area (Å²) in [6, 6.07) is 8.34. The maximum absolute atomic E-state index is 13.2. The fourth-order valence-electron chi connectivity index (χ4n) is 2.10. The predicted octanol–water partition coefficient (Wildman–Crippen LogP) is 3.73. The van der Waals surface area contributed by atoms with E-state index in [0.29, 0.717) is 25.7 Å². The van der Waals surface area contributed by atoms with Crippen molar-refractivity contribution in [2.75, 3.05) is 19.7 Å². The van der Waals surface area contributed by atoms with Crippen molar-refractivity contribution in [2.24, 2.45) is 4.99 Å². The van der Waals surface area contributed by atoms with Gasteiger partial charge < -0.3 is 19.8 Å². The Hall–Kier alpha value is -2.05. The number of hydrogen-bond acceptors (Lipinski definition) is 3. The lowest BCUT2D eigenvalue weighted by atomic mass is 10.2. The van der Waals surface area contributed by atoms with Crippen molar-refractivity contribution in [1.29, 1.82) is 0 Å². The molecule has 136 valence electrons. The molecule has 1 heterocycles. The van der Waals surface area contributed by atoms with Crippen LogP contribution in [0.1, 0.15) is 24.7 Å². The molecular formula is C18H23ClFN3O2. The van der Waals surface area contributed by atoms with Crippen LogP contribution in [-0.4, -0.2) is 25.7 Å². The minimum Gasteiger partial charge on any atom is -0.467 e. The van der Waals surface area contributed by atoms with Crippen LogP contribution in [0.15, 0.2) is 46.0 Å². The van der Waals surface area contributed by atoms with Crippen molar-refractivity contribution in [1.82, 2.24) is 10.6 Å². The van der Waals surface area contributed by atoms with Crippen LogP contribution in [0, 0.1) is 5.82 Å². The molecule has 2 aromatic rings. The first-order chi connectivity index (χ1) is 12.2. The van der Waals surface area contributed by atoms with Gasteiger partial charge in [0.05, 0.1) is 17.8 Å². The second-order valence-corrected chi connectivity index (χ2v) is 5.76. The van der Waals surface area contributed by atoms with Crippen molar-refractivity contribution in [3.05, 3.63) is 58.8 Å². The highest BCUT2D eigenvalue weighted by atomic mass is 35.5. The molecule has 0 amide bonds. The zero-order valence-corrected chi connectivity index (χ0v) is 15.0. The third-order valence-corrected chi connectivity index (χ3v) is 3.62.